The van der Waals surface area contributed by atoms with Gasteiger partial charge in [-0.1, -0.05) is 12.1 Å². The average molecular weight is 323 g/mol. The summed E-state index contributed by atoms with van der Waals surface area (Å²) in [4.78, 5) is 20.1. The minimum atomic E-state index is 0.0787. The van der Waals surface area contributed by atoms with E-state index in [0.29, 0.717) is 6.42 Å². The van der Waals surface area contributed by atoms with Crippen LogP contribution in [0.15, 0.2) is 30.5 Å². The van der Waals surface area contributed by atoms with Crippen LogP contribution in [0.2, 0.25) is 0 Å². The fourth-order valence-electron chi connectivity index (χ4n) is 3.41. The summed E-state index contributed by atoms with van der Waals surface area (Å²) in [5.41, 5.74) is 4.33. The summed E-state index contributed by atoms with van der Waals surface area (Å²) in [5.74, 6) is 1.04. The van der Waals surface area contributed by atoms with Gasteiger partial charge in [-0.15, -0.1) is 0 Å². The number of nitrogens with one attached hydrogen (secondary N) is 3. The minimum absolute atomic E-state index is 0.0787. The molecule has 0 aliphatic heterocycles. The highest BCUT2D eigenvalue weighted by Gasteiger charge is 2.23. The lowest BCUT2D eigenvalue weighted by atomic mass is 9.93. The SMILES string of the molecule is O=C(CCCc1nc2ccccc2[nH]1)NC1CCCc2cn[nH]c21. The Morgan fingerprint density at radius 3 is 3.17 bits per heavy atom. The fourth-order valence-corrected chi connectivity index (χ4v) is 3.41. The molecule has 0 saturated carbocycles. The van der Waals surface area contributed by atoms with Gasteiger partial charge in [0.2, 0.25) is 5.91 Å². The van der Waals surface area contributed by atoms with Crippen LogP contribution in [0, 0.1) is 0 Å². The van der Waals surface area contributed by atoms with Crippen molar-refractivity contribution in [3.63, 3.8) is 0 Å². The molecule has 124 valence electrons. The molecule has 1 aliphatic rings. The molecule has 1 unspecified atom stereocenters. The van der Waals surface area contributed by atoms with Gasteiger partial charge in [0, 0.05) is 12.8 Å². The van der Waals surface area contributed by atoms with Gasteiger partial charge in [0.05, 0.1) is 29.0 Å². The molecule has 6 heteroatoms. The highest BCUT2D eigenvalue weighted by molar-refractivity contribution is 5.76. The van der Waals surface area contributed by atoms with Gasteiger partial charge < -0.3 is 10.3 Å². The van der Waals surface area contributed by atoms with Gasteiger partial charge in [0.25, 0.3) is 0 Å². The molecular weight excluding hydrogens is 302 g/mol. The number of benzene rings is 1. The van der Waals surface area contributed by atoms with E-state index in [-0.39, 0.29) is 11.9 Å². The Hall–Kier alpha value is -2.63. The first-order valence-electron chi connectivity index (χ1n) is 8.55. The normalized spacial score (nSPS) is 16.9. The van der Waals surface area contributed by atoms with Crippen molar-refractivity contribution in [3.05, 3.63) is 47.5 Å². The monoisotopic (exact) mass is 323 g/mol. The number of rotatable bonds is 5. The Labute approximate surface area is 140 Å². The fraction of sp³-hybridized carbons (Fsp3) is 0.389. The molecule has 2 heterocycles. The molecule has 4 rings (SSSR count). The Morgan fingerprint density at radius 1 is 1.33 bits per heavy atom. The number of hydrogen-bond acceptors (Lipinski definition) is 3. The molecule has 0 bridgehead atoms. The van der Waals surface area contributed by atoms with Gasteiger partial charge in [-0.3, -0.25) is 9.89 Å². The van der Waals surface area contributed by atoms with E-state index in [4.69, 9.17) is 0 Å². The lowest BCUT2D eigenvalue weighted by Gasteiger charge is -2.22. The number of aromatic nitrogens is 4. The molecule has 0 saturated heterocycles. The van der Waals surface area contributed by atoms with Crippen molar-refractivity contribution < 1.29 is 4.79 Å². The average Bonchev–Trinajstić information content (AvgIpc) is 3.21. The van der Waals surface area contributed by atoms with E-state index >= 15 is 0 Å². The van der Waals surface area contributed by atoms with Crippen LogP contribution in [0.25, 0.3) is 11.0 Å². The predicted molar refractivity (Wildman–Crippen MR) is 91.4 cm³/mol. The number of amides is 1. The van der Waals surface area contributed by atoms with Crippen LogP contribution >= 0.6 is 0 Å². The van der Waals surface area contributed by atoms with E-state index in [1.54, 1.807) is 0 Å². The second kappa shape index (κ2) is 6.47. The van der Waals surface area contributed by atoms with E-state index < -0.39 is 0 Å². The minimum Gasteiger partial charge on any atom is -0.348 e. The third-order valence-electron chi connectivity index (χ3n) is 4.63. The second-order valence-electron chi connectivity index (χ2n) is 6.38. The van der Waals surface area contributed by atoms with Gasteiger partial charge >= 0.3 is 0 Å². The number of aromatic amines is 2. The van der Waals surface area contributed by atoms with Gasteiger partial charge in [0.1, 0.15) is 5.82 Å². The third-order valence-corrected chi connectivity index (χ3v) is 4.63. The Morgan fingerprint density at radius 2 is 2.25 bits per heavy atom. The van der Waals surface area contributed by atoms with E-state index in [0.717, 1.165) is 54.7 Å². The molecule has 2 aromatic heterocycles. The van der Waals surface area contributed by atoms with E-state index in [1.165, 1.54) is 5.56 Å². The van der Waals surface area contributed by atoms with Crippen LogP contribution in [-0.4, -0.2) is 26.1 Å². The van der Waals surface area contributed by atoms with Crippen LogP contribution in [-0.2, 0) is 17.6 Å². The van der Waals surface area contributed by atoms with Crippen molar-refractivity contribution in [3.8, 4) is 0 Å². The number of carbonyl (C=O) groups is 1. The maximum Gasteiger partial charge on any atom is 0.220 e. The summed E-state index contributed by atoms with van der Waals surface area (Å²) < 4.78 is 0. The Bertz CT molecular complexity index is 817. The van der Waals surface area contributed by atoms with Crippen molar-refractivity contribution in [1.29, 1.82) is 0 Å². The molecule has 3 N–H and O–H groups in total. The first-order chi connectivity index (χ1) is 11.8. The molecule has 1 aliphatic carbocycles. The number of imidazole rings is 1. The van der Waals surface area contributed by atoms with E-state index in [1.807, 2.05) is 30.5 Å². The molecule has 0 spiro atoms. The van der Waals surface area contributed by atoms with Gasteiger partial charge in [-0.2, -0.15) is 5.10 Å². The Balaban J connectivity index is 1.30. The number of nitrogens with zero attached hydrogens (tertiary/aromatic N) is 2. The molecule has 6 nitrogen and oxygen atoms in total. The molecule has 1 atom stereocenters. The first-order valence-corrected chi connectivity index (χ1v) is 8.55. The summed E-state index contributed by atoms with van der Waals surface area (Å²) in [5, 5.41) is 10.3. The highest BCUT2D eigenvalue weighted by atomic mass is 16.1. The maximum atomic E-state index is 12.2. The summed E-state index contributed by atoms with van der Waals surface area (Å²) in [6, 6.07) is 8.06. The van der Waals surface area contributed by atoms with E-state index in [2.05, 4.69) is 25.5 Å². The van der Waals surface area contributed by atoms with Crippen LogP contribution < -0.4 is 5.32 Å². The maximum absolute atomic E-state index is 12.2. The largest absolute Gasteiger partial charge is 0.348 e. The molecular formula is C18H21N5O. The van der Waals surface area contributed by atoms with Gasteiger partial charge in [0.15, 0.2) is 0 Å². The molecule has 24 heavy (non-hydrogen) atoms. The zero-order chi connectivity index (χ0) is 16.4. The number of fused-ring (bicyclic) bond motifs is 2. The van der Waals surface area contributed by atoms with Crippen LogP contribution in [0.3, 0.4) is 0 Å². The second-order valence-corrected chi connectivity index (χ2v) is 6.38. The van der Waals surface area contributed by atoms with Crippen LogP contribution in [0.4, 0.5) is 0 Å². The number of para-hydroxylation sites is 2. The first kappa shape index (κ1) is 14.9. The third kappa shape index (κ3) is 3.04. The smallest absolute Gasteiger partial charge is 0.220 e. The number of aryl methyl sites for hydroxylation is 2. The summed E-state index contributed by atoms with van der Waals surface area (Å²) in [6.07, 6.45) is 7.06. The summed E-state index contributed by atoms with van der Waals surface area (Å²) in [6.45, 7) is 0. The lowest BCUT2D eigenvalue weighted by molar-refractivity contribution is -0.122. The van der Waals surface area contributed by atoms with Crippen molar-refractivity contribution >= 4 is 16.9 Å². The highest BCUT2D eigenvalue weighted by Crippen LogP contribution is 2.27. The van der Waals surface area contributed by atoms with Crippen molar-refractivity contribution in [2.45, 2.75) is 44.6 Å². The van der Waals surface area contributed by atoms with Crippen molar-refractivity contribution in [1.82, 2.24) is 25.5 Å². The summed E-state index contributed by atoms with van der Waals surface area (Å²) >= 11 is 0. The topological polar surface area (TPSA) is 86.5 Å². The molecule has 1 aromatic carbocycles. The number of H-pyrrole nitrogens is 2. The quantitative estimate of drug-likeness (QED) is 0.675. The lowest BCUT2D eigenvalue weighted by Crippen LogP contribution is -2.30. The summed E-state index contributed by atoms with van der Waals surface area (Å²) in [7, 11) is 0. The molecule has 3 aromatic rings. The standard InChI is InChI=1S/C18H21N5O/c24-17(22-15-8-3-5-12-11-19-23-18(12)15)10-4-9-16-20-13-6-1-2-7-14(13)21-16/h1-2,6-7,11,15H,3-5,8-10H2,(H,19,23)(H,20,21)(H,22,24). The predicted octanol–water partition coefficient (Wildman–Crippen LogP) is 2.80. The zero-order valence-corrected chi connectivity index (χ0v) is 13.5. The Kier molecular flexibility index (Phi) is 4.02. The number of hydrogen-bond donors (Lipinski definition) is 3. The van der Waals surface area contributed by atoms with Gasteiger partial charge in [-0.25, -0.2) is 4.98 Å². The van der Waals surface area contributed by atoms with Crippen molar-refractivity contribution in [2.24, 2.45) is 0 Å². The molecule has 1 amide bonds. The van der Waals surface area contributed by atoms with Gasteiger partial charge in [-0.05, 0) is 43.4 Å². The van der Waals surface area contributed by atoms with Crippen LogP contribution in [0.5, 0.6) is 0 Å². The van der Waals surface area contributed by atoms with Crippen LogP contribution in [0.1, 0.15) is 48.8 Å². The zero-order valence-electron chi connectivity index (χ0n) is 13.5. The molecule has 0 radical (unpaired) electrons. The molecule has 0 fully saturated rings. The van der Waals surface area contributed by atoms with E-state index in [9.17, 15) is 4.79 Å². The van der Waals surface area contributed by atoms with Crippen molar-refractivity contribution in [2.75, 3.05) is 0 Å². The number of carbonyl (C=O) groups excluding carboxylic acids is 1.